The van der Waals surface area contributed by atoms with Crippen LogP contribution in [-0.2, 0) is 0 Å². The average Bonchev–Trinajstić information content (AvgIpc) is 2.81. The van der Waals surface area contributed by atoms with E-state index in [0.29, 0.717) is 0 Å². The molecule has 1 N–H and O–H groups in total. The number of nitrogens with one attached hydrogen (secondary N) is 1. The van der Waals surface area contributed by atoms with Crippen LogP contribution < -0.4 is 0 Å². The number of rotatable bonds is 2. The first-order chi connectivity index (χ1) is 8.78. The highest BCUT2D eigenvalue weighted by Crippen LogP contribution is 2.29. The maximum Gasteiger partial charge on any atom is 0.139 e. The molecular weight excluding hydrogens is 240 g/mol. The van der Waals surface area contributed by atoms with Gasteiger partial charge < -0.3 is 4.98 Å². The predicted octanol–water partition coefficient (Wildman–Crippen LogP) is 4.26. The number of hydrogen-bond donors (Lipinski definition) is 1. The first kappa shape index (κ1) is 11.4. The van der Waals surface area contributed by atoms with Gasteiger partial charge in [-0.05, 0) is 36.9 Å². The lowest BCUT2D eigenvalue weighted by Gasteiger charge is -2.02. The van der Waals surface area contributed by atoms with Gasteiger partial charge in [-0.25, -0.2) is 4.98 Å². The van der Waals surface area contributed by atoms with Crippen molar-refractivity contribution in [3.05, 3.63) is 48.0 Å². The summed E-state index contributed by atoms with van der Waals surface area (Å²) in [6.07, 6.45) is 2.09. The van der Waals surface area contributed by atoms with Crippen molar-refractivity contribution in [2.45, 2.75) is 11.8 Å². The molecular formula is C15H14N2S. The summed E-state index contributed by atoms with van der Waals surface area (Å²) >= 11 is 1.74. The normalized spacial score (nSPS) is 11.0. The van der Waals surface area contributed by atoms with Gasteiger partial charge in [-0.2, -0.15) is 0 Å². The number of benzene rings is 2. The Kier molecular flexibility index (Phi) is 2.84. The molecule has 90 valence electrons. The van der Waals surface area contributed by atoms with Crippen LogP contribution in [-0.4, -0.2) is 16.2 Å². The zero-order valence-electron chi connectivity index (χ0n) is 10.4. The largest absolute Gasteiger partial charge is 0.338 e. The van der Waals surface area contributed by atoms with Crippen LogP contribution in [0.2, 0.25) is 0 Å². The Morgan fingerprint density at radius 1 is 1.11 bits per heavy atom. The molecule has 0 unspecified atom stereocenters. The lowest BCUT2D eigenvalue weighted by atomic mass is 10.2. The number of aromatic amines is 1. The molecule has 0 amide bonds. The first-order valence-corrected chi connectivity index (χ1v) is 7.10. The average molecular weight is 254 g/mol. The minimum Gasteiger partial charge on any atom is -0.338 e. The van der Waals surface area contributed by atoms with E-state index >= 15 is 0 Å². The highest BCUT2D eigenvalue weighted by atomic mass is 32.2. The first-order valence-electron chi connectivity index (χ1n) is 5.87. The fraction of sp³-hybridized carbons (Fsp3) is 0.133. The minimum absolute atomic E-state index is 0.945. The van der Waals surface area contributed by atoms with Crippen molar-refractivity contribution in [2.24, 2.45) is 0 Å². The number of nitrogens with zero attached hydrogens (tertiary/aromatic N) is 1. The molecule has 3 aromatic rings. The van der Waals surface area contributed by atoms with Crippen molar-refractivity contribution in [1.29, 1.82) is 0 Å². The van der Waals surface area contributed by atoms with Crippen molar-refractivity contribution in [1.82, 2.24) is 9.97 Å². The highest BCUT2D eigenvalue weighted by molar-refractivity contribution is 7.98. The molecule has 0 spiro atoms. The van der Waals surface area contributed by atoms with Crippen LogP contribution in [0.4, 0.5) is 0 Å². The Morgan fingerprint density at radius 2 is 1.94 bits per heavy atom. The van der Waals surface area contributed by atoms with Crippen LogP contribution in [0.3, 0.4) is 0 Å². The maximum absolute atomic E-state index is 4.66. The van der Waals surface area contributed by atoms with Crippen molar-refractivity contribution < 1.29 is 0 Å². The van der Waals surface area contributed by atoms with E-state index in [1.807, 2.05) is 6.07 Å². The fourth-order valence-electron chi connectivity index (χ4n) is 2.09. The molecule has 2 nitrogen and oxygen atoms in total. The van der Waals surface area contributed by atoms with Gasteiger partial charge in [0.15, 0.2) is 0 Å². The van der Waals surface area contributed by atoms with Crippen molar-refractivity contribution in [3.63, 3.8) is 0 Å². The van der Waals surface area contributed by atoms with Gasteiger partial charge in [0.25, 0.3) is 0 Å². The molecule has 0 radical (unpaired) electrons. The Labute approximate surface area is 110 Å². The number of hydrogen-bond acceptors (Lipinski definition) is 2. The third-order valence-corrected chi connectivity index (χ3v) is 3.80. The lowest BCUT2D eigenvalue weighted by Crippen LogP contribution is -1.83. The zero-order valence-corrected chi connectivity index (χ0v) is 11.2. The molecule has 0 saturated carbocycles. The van der Waals surface area contributed by atoms with Gasteiger partial charge in [-0.15, -0.1) is 11.8 Å². The standard InChI is InChI=1S/C15H14N2S/c1-10-7-8-12-13(9-10)17-15(16-12)11-5-3-4-6-14(11)18-2/h3-9H,1-2H3,(H,16,17). The van der Waals surface area contributed by atoms with E-state index < -0.39 is 0 Å². The highest BCUT2D eigenvalue weighted by Gasteiger charge is 2.08. The summed E-state index contributed by atoms with van der Waals surface area (Å²) in [4.78, 5) is 9.31. The summed E-state index contributed by atoms with van der Waals surface area (Å²) in [5, 5.41) is 0. The van der Waals surface area contributed by atoms with Crippen LogP contribution in [0.25, 0.3) is 22.4 Å². The molecule has 0 aliphatic carbocycles. The molecule has 0 saturated heterocycles. The van der Waals surface area contributed by atoms with Gasteiger partial charge in [0.1, 0.15) is 5.82 Å². The number of thioether (sulfide) groups is 1. The van der Waals surface area contributed by atoms with Gasteiger partial charge in [-0.1, -0.05) is 24.3 Å². The molecule has 0 fully saturated rings. The minimum atomic E-state index is 0.945. The Bertz CT molecular complexity index is 701. The third kappa shape index (κ3) is 1.91. The monoisotopic (exact) mass is 254 g/mol. The predicted molar refractivity (Wildman–Crippen MR) is 78.0 cm³/mol. The summed E-state index contributed by atoms with van der Waals surface area (Å²) in [5.74, 6) is 0.945. The Morgan fingerprint density at radius 3 is 2.78 bits per heavy atom. The van der Waals surface area contributed by atoms with E-state index in [4.69, 9.17) is 0 Å². The van der Waals surface area contributed by atoms with E-state index in [-0.39, 0.29) is 0 Å². The van der Waals surface area contributed by atoms with Gasteiger partial charge in [0.05, 0.1) is 11.0 Å². The molecule has 0 aliphatic rings. The van der Waals surface area contributed by atoms with E-state index in [9.17, 15) is 0 Å². The SMILES string of the molecule is CSc1ccccc1-c1nc2ccc(C)cc2[nH]1. The smallest absolute Gasteiger partial charge is 0.139 e. The van der Waals surface area contributed by atoms with E-state index in [0.717, 1.165) is 16.9 Å². The fourth-order valence-corrected chi connectivity index (χ4v) is 2.69. The summed E-state index contributed by atoms with van der Waals surface area (Å²) in [5.41, 5.74) is 4.53. The quantitative estimate of drug-likeness (QED) is 0.692. The molecule has 0 aliphatic heterocycles. The lowest BCUT2D eigenvalue weighted by molar-refractivity contribution is 1.29. The Hall–Kier alpha value is -1.74. The van der Waals surface area contributed by atoms with E-state index in [2.05, 4.69) is 59.5 Å². The zero-order chi connectivity index (χ0) is 12.5. The summed E-state index contributed by atoms with van der Waals surface area (Å²) in [6, 6.07) is 14.6. The molecule has 3 rings (SSSR count). The number of H-pyrrole nitrogens is 1. The number of fused-ring (bicyclic) bond motifs is 1. The summed E-state index contributed by atoms with van der Waals surface area (Å²) < 4.78 is 0. The molecule has 0 bridgehead atoms. The van der Waals surface area contributed by atoms with Gasteiger partial charge in [-0.3, -0.25) is 0 Å². The molecule has 18 heavy (non-hydrogen) atoms. The van der Waals surface area contributed by atoms with E-state index in [1.165, 1.54) is 16.0 Å². The molecule has 0 atom stereocenters. The van der Waals surface area contributed by atoms with Crippen LogP contribution >= 0.6 is 11.8 Å². The molecule has 3 heteroatoms. The maximum atomic E-state index is 4.66. The van der Waals surface area contributed by atoms with Crippen molar-refractivity contribution in [2.75, 3.05) is 6.26 Å². The number of aryl methyl sites for hydroxylation is 1. The summed E-state index contributed by atoms with van der Waals surface area (Å²) in [6.45, 7) is 2.09. The second-order valence-electron chi connectivity index (χ2n) is 4.31. The molecule has 1 heterocycles. The Balaban J connectivity index is 2.19. The van der Waals surface area contributed by atoms with Crippen LogP contribution in [0.15, 0.2) is 47.4 Å². The second kappa shape index (κ2) is 4.50. The van der Waals surface area contributed by atoms with Crippen LogP contribution in [0, 0.1) is 6.92 Å². The number of imidazole rings is 1. The topological polar surface area (TPSA) is 28.7 Å². The van der Waals surface area contributed by atoms with E-state index in [1.54, 1.807) is 11.8 Å². The second-order valence-corrected chi connectivity index (χ2v) is 5.15. The number of aromatic nitrogens is 2. The molecule has 1 aromatic heterocycles. The van der Waals surface area contributed by atoms with Gasteiger partial charge in [0, 0.05) is 10.5 Å². The third-order valence-electron chi connectivity index (χ3n) is 3.00. The molecule has 2 aromatic carbocycles. The van der Waals surface area contributed by atoms with Gasteiger partial charge >= 0.3 is 0 Å². The van der Waals surface area contributed by atoms with Crippen molar-refractivity contribution >= 4 is 22.8 Å². The van der Waals surface area contributed by atoms with Crippen molar-refractivity contribution in [3.8, 4) is 11.4 Å². The van der Waals surface area contributed by atoms with Crippen LogP contribution in [0.5, 0.6) is 0 Å². The summed E-state index contributed by atoms with van der Waals surface area (Å²) in [7, 11) is 0. The van der Waals surface area contributed by atoms with Crippen LogP contribution in [0.1, 0.15) is 5.56 Å². The van der Waals surface area contributed by atoms with Gasteiger partial charge in [0.2, 0.25) is 0 Å².